The molecule has 1 N–H and O–H groups in total. The Balaban J connectivity index is 1.52. The van der Waals surface area contributed by atoms with Crippen molar-refractivity contribution in [2.45, 2.75) is 32.4 Å². The highest BCUT2D eigenvalue weighted by molar-refractivity contribution is 6.31. The number of amides is 1. The summed E-state index contributed by atoms with van der Waals surface area (Å²) in [6.45, 7) is 2.36. The van der Waals surface area contributed by atoms with E-state index in [0.717, 1.165) is 42.5 Å². The van der Waals surface area contributed by atoms with E-state index in [9.17, 15) is 9.59 Å². The Morgan fingerprint density at radius 3 is 2.59 bits per heavy atom. The first-order valence-electron chi connectivity index (χ1n) is 9.88. The van der Waals surface area contributed by atoms with Gasteiger partial charge < -0.3 is 14.8 Å². The maximum Gasteiger partial charge on any atom is 0.294 e. The second-order valence-electron chi connectivity index (χ2n) is 7.19. The van der Waals surface area contributed by atoms with Crippen molar-refractivity contribution >= 4 is 34.4 Å². The summed E-state index contributed by atoms with van der Waals surface area (Å²) < 4.78 is 1.67. The summed E-state index contributed by atoms with van der Waals surface area (Å²) in [5.74, 6) is 0.359. The van der Waals surface area contributed by atoms with E-state index in [1.54, 1.807) is 10.6 Å². The zero-order valence-electron chi connectivity index (χ0n) is 16.1. The van der Waals surface area contributed by atoms with Gasteiger partial charge in [0.25, 0.3) is 5.56 Å². The zero-order valence-corrected chi connectivity index (χ0v) is 16.9. The molecule has 1 aliphatic rings. The third-order valence-electron chi connectivity index (χ3n) is 5.24. The second kappa shape index (κ2) is 8.66. The van der Waals surface area contributed by atoms with Gasteiger partial charge in [-0.05, 0) is 36.6 Å². The smallest absolute Gasteiger partial charge is 0.294 e. The van der Waals surface area contributed by atoms with Crippen LogP contribution in [0.1, 0.15) is 24.8 Å². The molecule has 6 nitrogen and oxygen atoms in total. The van der Waals surface area contributed by atoms with Gasteiger partial charge in [-0.15, -0.1) is 0 Å². The minimum absolute atomic E-state index is 0.125. The SMILES string of the molecule is O=C(CCn1c(=O)c(N2CCCC2)nc2ccccc21)NCc1ccccc1Cl. The first kappa shape index (κ1) is 19.5. The molecule has 4 rings (SSSR count). The molecule has 3 aromatic rings. The Hall–Kier alpha value is -2.86. The van der Waals surface area contributed by atoms with Crippen LogP contribution in [0.5, 0.6) is 0 Å². The zero-order chi connectivity index (χ0) is 20.2. The molecule has 0 atom stereocenters. The van der Waals surface area contributed by atoms with Crippen LogP contribution in [0.4, 0.5) is 5.82 Å². The Bertz CT molecular complexity index is 1090. The standard InChI is InChI=1S/C22H23ClN4O2/c23-17-8-2-1-7-16(17)15-24-20(28)11-14-27-19-10-4-3-9-18(19)25-21(22(27)29)26-12-5-6-13-26/h1-4,7-10H,5-6,11-15H2,(H,24,28). The van der Waals surface area contributed by atoms with E-state index in [1.165, 1.54) is 0 Å². The molecular formula is C22H23ClN4O2. The van der Waals surface area contributed by atoms with Crippen molar-refractivity contribution in [3.8, 4) is 0 Å². The van der Waals surface area contributed by atoms with Gasteiger partial charge in [0, 0.05) is 37.6 Å². The molecule has 1 saturated heterocycles. The lowest BCUT2D eigenvalue weighted by Crippen LogP contribution is -2.33. The number of hydrogen-bond acceptors (Lipinski definition) is 4. The van der Waals surface area contributed by atoms with E-state index >= 15 is 0 Å². The molecular weight excluding hydrogens is 388 g/mol. The summed E-state index contributed by atoms with van der Waals surface area (Å²) in [7, 11) is 0. The maximum absolute atomic E-state index is 13.1. The average molecular weight is 411 g/mol. The highest BCUT2D eigenvalue weighted by Gasteiger charge is 2.20. The number of carbonyl (C=O) groups excluding carboxylic acids is 1. The van der Waals surface area contributed by atoms with Crippen LogP contribution >= 0.6 is 11.6 Å². The lowest BCUT2D eigenvalue weighted by Gasteiger charge is -2.19. The fourth-order valence-corrected chi connectivity index (χ4v) is 3.88. The monoisotopic (exact) mass is 410 g/mol. The van der Waals surface area contributed by atoms with Crippen LogP contribution in [0.2, 0.25) is 5.02 Å². The van der Waals surface area contributed by atoms with Crippen LogP contribution in [0, 0.1) is 0 Å². The molecule has 0 aliphatic carbocycles. The molecule has 0 saturated carbocycles. The summed E-state index contributed by atoms with van der Waals surface area (Å²) in [4.78, 5) is 32.2. The highest BCUT2D eigenvalue weighted by atomic mass is 35.5. The molecule has 0 spiro atoms. The maximum atomic E-state index is 13.1. The molecule has 7 heteroatoms. The topological polar surface area (TPSA) is 67.2 Å². The number of nitrogens with one attached hydrogen (secondary N) is 1. The summed E-state index contributed by atoms with van der Waals surface area (Å²) >= 11 is 6.14. The number of aromatic nitrogens is 2. The molecule has 2 heterocycles. The van der Waals surface area contributed by atoms with E-state index in [0.29, 0.717) is 23.9 Å². The fraction of sp³-hybridized carbons (Fsp3) is 0.318. The summed E-state index contributed by atoms with van der Waals surface area (Å²) in [5.41, 5.74) is 2.25. The van der Waals surface area contributed by atoms with Gasteiger partial charge in [-0.25, -0.2) is 4.98 Å². The van der Waals surface area contributed by atoms with Gasteiger partial charge in [0.2, 0.25) is 5.91 Å². The Labute approximate surface area is 174 Å². The minimum atomic E-state index is -0.135. The van der Waals surface area contributed by atoms with Gasteiger partial charge >= 0.3 is 0 Å². The first-order valence-corrected chi connectivity index (χ1v) is 10.3. The average Bonchev–Trinajstić information content (AvgIpc) is 3.27. The van der Waals surface area contributed by atoms with E-state index in [1.807, 2.05) is 47.4 Å². The van der Waals surface area contributed by atoms with E-state index in [-0.39, 0.29) is 17.9 Å². The second-order valence-corrected chi connectivity index (χ2v) is 7.60. The molecule has 0 radical (unpaired) electrons. The van der Waals surface area contributed by atoms with Crippen LogP contribution in [0.25, 0.3) is 11.0 Å². The summed E-state index contributed by atoms with van der Waals surface area (Å²) in [6, 6.07) is 15.0. The lowest BCUT2D eigenvalue weighted by molar-refractivity contribution is -0.121. The number of rotatable bonds is 6. The molecule has 2 aromatic carbocycles. The molecule has 0 unspecified atom stereocenters. The number of hydrogen-bond donors (Lipinski definition) is 1. The Kier molecular flexibility index (Phi) is 5.81. The molecule has 1 aromatic heterocycles. The number of carbonyl (C=O) groups is 1. The number of aryl methyl sites for hydroxylation is 1. The van der Waals surface area contributed by atoms with Crippen molar-refractivity contribution in [1.82, 2.24) is 14.9 Å². The third-order valence-corrected chi connectivity index (χ3v) is 5.61. The van der Waals surface area contributed by atoms with Gasteiger partial charge in [-0.2, -0.15) is 0 Å². The lowest BCUT2D eigenvalue weighted by atomic mass is 10.2. The van der Waals surface area contributed by atoms with E-state index < -0.39 is 0 Å². The first-order chi connectivity index (χ1) is 14.1. The Morgan fingerprint density at radius 2 is 1.79 bits per heavy atom. The van der Waals surface area contributed by atoms with Crippen molar-refractivity contribution in [3.63, 3.8) is 0 Å². The number of benzene rings is 2. The number of nitrogens with zero attached hydrogens (tertiary/aromatic N) is 3. The minimum Gasteiger partial charge on any atom is -0.352 e. The Morgan fingerprint density at radius 1 is 1.07 bits per heavy atom. The molecule has 29 heavy (non-hydrogen) atoms. The molecule has 1 amide bonds. The van der Waals surface area contributed by atoms with Crippen LogP contribution in [-0.2, 0) is 17.9 Å². The van der Waals surface area contributed by atoms with Crippen molar-refractivity contribution in [2.24, 2.45) is 0 Å². The predicted molar refractivity (Wildman–Crippen MR) is 115 cm³/mol. The number of para-hydroxylation sites is 2. The van der Waals surface area contributed by atoms with Crippen molar-refractivity contribution in [1.29, 1.82) is 0 Å². The van der Waals surface area contributed by atoms with Crippen LogP contribution in [0.15, 0.2) is 53.3 Å². The quantitative estimate of drug-likeness (QED) is 0.676. The fourth-order valence-electron chi connectivity index (χ4n) is 3.67. The van der Waals surface area contributed by atoms with Gasteiger partial charge in [0.15, 0.2) is 5.82 Å². The third kappa shape index (κ3) is 4.27. The number of fused-ring (bicyclic) bond motifs is 1. The van der Waals surface area contributed by atoms with Crippen molar-refractivity contribution in [2.75, 3.05) is 18.0 Å². The van der Waals surface area contributed by atoms with Crippen molar-refractivity contribution in [3.05, 3.63) is 69.5 Å². The van der Waals surface area contributed by atoms with Gasteiger partial charge in [0.1, 0.15) is 0 Å². The van der Waals surface area contributed by atoms with Crippen LogP contribution in [-0.4, -0.2) is 28.5 Å². The summed E-state index contributed by atoms with van der Waals surface area (Å²) in [5, 5.41) is 3.51. The molecule has 1 fully saturated rings. The normalized spacial score (nSPS) is 13.8. The highest BCUT2D eigenvalue weighted by Crippen LogP contribution is 2.19. The van der Waals surface area contributed by atoms with Crippen molar-refractivity contribution < 1.29 is 4.79 Å². The molecule has 150 valence electrons. The van der Waals surface area contributed by atoms with Gasteiger partial charge in [0.05, 0.1) is 11.0 Å². The number of anilines is 1. The van der Waals surface area contributed by atoms with E-state index in [4.69, 9.17) is 11.6 Å². The number of halogens is 1. The van der Waals surface area contributed by atoms with E-state index in [2.05, 4.69) is 10.3 Å². The van der Waals surface area contributed by atoms with Gasteiger partial charge in [-0.1, -0.05) is 41.9 Å². The molecule has 0 bridgehead atoms. The van der Waals surface area contributed by atoms with Crippen LogP contribution in [0.3, 0.4) is 0 Å². The van der Waals surface area contributed by atoms with Crippen LogP contribution < -0.4 is 15.8 Å². The van der Waals surface area contributed by atoms with Gasteiger partial charge in [-0.3, -0.25) is 9.59 Å². The predicted octanol–water partition coefficient (Wildman–Crippen LogP) is 3.36. The molecule has 1 aliphatic heterocycles. The summed E-state index contributed by atoms with van der Waals surface area (Å²) in [6.07, 6.45) is 2.34. The largest absolute Gasteiger partial charge is 0.352 e.